The van der Waals surface area contributed by atoms with Gasteiger partial charge in [0.25, 0.3) is 0 Å². The zero-order valence-electron chi connectivity index (χ0n) is 10.3. The van der Waals surface area contributed by atoms with Crippen LogP contribution in [0.3, 0.4) is 0 Å². The first-order valence-corrected chi connectivity index (χ1v) is 7.36. The summed E-state index contributed by atoms with van der Waals surface area (Å²) in [6.45, 7) is 3.06. The van der Waals surface area contributed by atoms with Crippen LogP contribution in [-0.4, -0.2) is 27.3 Å². The van der Waals surface area contributed by atoms with E-state index in [9.17, 15) is 21.6 Å². The summed E-state index contributed by atoms with van der Waals surface area (Å²) in [6, 6.07) is 0.943. The Balaban J connectivity index is 2.73. The summed E-state index contributed by atoms with van der Waals surface area (Å²) in [5.41, 5.74) is -0.721. The Labute approximate surface area is 110 Å². The molecular weight excluding hydrogens is 281 g/mol. The molecule has 0 aliphatic rings. The number of anilines is 1. The highest BCUT2D eigenvalue weighted by Gasteiger charge is 2.16. The van der Waals surface area contributed by atoms with Crippen LogP contribution in [0.25, 0.3) is 0 Å². The average molecular weight is 296 g/mol. The van der Waals surface area contributed by atoms with Crippen LogP contribution in [0.15, 0.2) is 12.1 Å². The van der Waals surface area contributed by atoms with Crippen LogP contribution >= 0.6 is 0 Å². The van der Waals surface area contributed by atoms with Gasteiger partial charge in [0.15, 0.2) is 11.6 Å². The van der Waals surface area contributed by atoms with Crippen molar-refractivity contribution in [3.8, 4) is 0 Å². The molecule has 0 atom stereocenters. The zero-order valence-corrected chi connectivity index (χ0v) is 11.2. The van der Waals surface area contributed by atoms with E-state index < -0.39 is 33.2 Å². The molecule has 1 aromatic rings. The molecule has 0 bridgehead atoms. The Morgan fingerprint density at radius 1 is 1.21 bits per heavy atom. The third kappa shape index (κ3) is 5.07. The summed E-state index contributed by atoms with van der Waals surface area (Å²) >= 11 is 0. The molecule has 0 saturated heterocycles. The minimum absolute atomic E-state index is 0.266. The second kappa shape index (κ2) is 6.76. The monoisotopic (exact) mass is 296 g/mol. The Bertz CT molecular complexity index is 535. The maximum atomic E-state index is 13.3. The quantitative estimate of drug-likeness (QED) is 0.596. The number of sulfonamides is 1. The maximum Gasteiger partial charge on any atom is 0.232 e. The van der Waals surface area contributed by atoms with Crippen LogP contribution in [0.2, 0.25) is 0 Å². The van der Waals surface area contributed by atoms with Crippen molar-refractivity contribution in [2.45, 2.75) is 13.3 Å². The molecule has 0 spiro atoms. The van der Waals surface area contributed by atoms with Gasteiger partial charge >= 0.3 is 0 Å². The molecule has 19 heavy (non-hydrogen) atoms. The van der Waals surface area contributed by atoms with Crippen LogP contribution in [0.1, 0.15) is 13.3 Å². The minimum Gasteiger partial charge on any atom is -0.317 e. The van der Waals surface area contributed by atoms with Gasteiger partial charge in [-0.1, -0.05) is 6.92 Å². The largest absolute Gasteiger partial charge is 0.317 e. The van der Waals surface area contributed by atoms with E-state index in [1.165, 1.54) is 0 Å². The second-order valence-electron chi connectivity index (χ2n) is 3.88. The SMILES string of the molecule is CCNCCCS(=O)(=O)Nc1cc(F)cc(F)c1F. The van der Waals surface area contributed by atoms with Crippen molar-refractivity contribution >= 4 is 15.7 Å². The van der Waals surface area contributed by atoms with E-state index in [0.29, 0.717) is 31.6 Å². The molecule has 0 amide bonds. The van der Waals surface area contributed by atoms with Gasteiger partial charge in [0.2, 0.25) is 10.0 Å². The summed E-state index contributed by atoms with van der Waals surface area (Å²) in [7, 11) is -3.83. The van der Waals surface area contributed by atoms with Crippen LogP contribution in [0.4, 0.5) is 18.9 Å². The summed E-state index contributed by atoms with van der Waals surface area (Å²) in [5, 5.41) is 2.93. The van der Waals surface area contributed by atoms with Gasteiger partial charge in [0.05, 0.1) is 11.4 Å². The summed E-state index contributed by atoms with van der Waals surface area (Å²) in [5.74, 6) is -4.18. The lowest BCUT2D eigenvalue weighted by Gasteiger charge is -2.09. The number of benzene rings is 1. The Kier molecular flexibility index (Phi) is 5.61. The van der Waals surface area contributed by atoms with Gasteiger partial charge in [0.1, 0.15) is 5.82 Å². The van der Waals surface area contributed by atoms with Crippen molar-refractivity contribution in [3.05, 3.63) is 29.6 Å². The van der Waals surface area contributed by atoms with Gasteiger partial charge < -0.3 is 5.32 Å². The molecule has 8 heteroatoms. The lowest BCUT2D eigenvalue weighted by atomic mass is 10.3. The molecule has 0 aromatic heterocycles. The Hall–Kier alpha value is -1.28. The van der Waals surface area contributed by atoms with Gasteiger partial charge in [-0.05, 0) is 19.5 Å². The highest BCUT2D eigenvalue weighted by molar-refractivity contribution is 7.92. The molecular formula is C11H15F3N2O2S. The van der Waals surface area contributed by atoms with Crippen molar-refractivity contribution in [2.75, 3.05) is 23.6 Å². The minimum atomic E-state index is -3.83. The van der Waals surface area contributed by atoms with Gasteiger partial charge in [-0.3, -0.25) is 4.72 Å². The molecule has 0 aliphatic carbocycles. The number of nitrogens with one attached hydrogen (secondary N) is 2. The zero-order chi connectivity index (χ0) is 14.5. The Morgan fingerprint density at radius 2 is 1.89 bits per heavy atom. The standard InChI is InChI=1S/C11H15F3N2O2S/c1-2-15-4-3-5-19(17,18)16-10-7-8(12)6-9(13)11(10)14/h6-7,15-16H,2-5H2,1H3. The highest BCUT2D eigenvalue weighted by atomic mass is 32.2. The van der Waals surface area contributed by atoms with E-state index in [1.54, 1.807) is 0 Å². The smallest absolute Gasteiger partial charge is 0.232 e. The van der Waals surface area contributed by atoms with Crippen molar-refractivity contribution in [1.82, 2.24) is 5.32 Å². The summed E-state index contributed by atoms with van der Waals surface area (Å²) < 4.78 is 64.1. The molecule has 1 aromatic carbocycles. The third-order valence-corrected chi connectivity index (χ3v) is 3.63. The number of halogens is 3. The van der Waals surface area contributed by atoms with E-state index >= 15 is 0 Å². The summed E-state index contributed by atoms with van der Waals surface area (Å²) in [6.07, 6.45) is 0.308. The van der Waals surface area contributed by atoms with Crippen molar-refractivity contribution in [3.63, 3.8) is 0 Å². The topological polar surface area (TPSA) is 58.2 Å². The number of rotatable bonds is 7. The van der Waals surface area contributed by atoms with Gasteiger partial charge in [-0.15, -0.1) is 0 Å². The van der Waals surface area contributed by atoms with Crippen LogP contribution in [-0.2, 0) is 10.0 Å². The van der Waals surface area contributed by atoms with Crippen LogP contribution in [0, 0.1) is 17.5 Å². The molecule has 108 valence electrons. The highest BCUT2D eigenvalue weighted by Crippen LogP contribution is 2.20. The lowest BCUT2D eigenvalue weighted by Crippen LogP contribution is -2.22. The summed E-state index contributed by atoms with van der Waals surface area (Å²) in [4.78, 5) is 0. The molecule has 1 rings (SSSR count). The van der Waals surface area contributed by atoms with Crippen molar-refractivity contribution in [2.24, 2.45) is 0 Å². The van der Waals surface area contributed by atoms with E-state index in [2.05, 4.69) is 5.32 Å². The predicted octanol–water partition coefficient (Wildman–Crippen LogP) is 1.85. The molecule has 0 aliphatic heterocycles. The van der Waals surface area contributed by atoms with Gasteiger partial charge in [-0.2, -0.15) is 0 Å². The van der Waals surface area contributed by atoms with E-state index in [-0.39, 0.29) is 5.75 Å². The predicted molar refractivity (Wildman–Crippen MR) is 66.9 cm³/mol. The van der Waals surface area contributed by atoms with E-state index in [1.807, 2.05) is 11.6 Å². The van der Waals surface area contributed by atoms with Gasteiger partial charge in [-0.25, -0.2) is 21.6 Å². The average Bonchev–Trinajstić information content (AvgIpc) is 2.31. The lowest BCUT2D eigenvalue weighted by molar-refractivity contribution is 0.498. The fourth-order valence-corrected chi connectivity index (χ4v) is 2.52. The molecule has 0 heterocycles. The van der Waals surface area contributed by atoms with Crippen molar-refractivity contribution in [1.29, 1.82) is 0 Å². The van der Waals surface area contributed by atoms with E-state index in [4.69, 9.17) is 0 Å². The van der Waals surface area contributed by atoms with E-state index in [0.717, 1.165) is 0 Å². The molecule has 4 nitrogen and oxygen atoms in total. The Morgan fingerprint density at radius 3 is 2.53 bits per heavy atom. The fraction of sp³-hybridized carbons (Fsp3) is 0.455. The molecule has 0 radical (unpaired) electrons. The third-order valence-electron chi connectivity index (χ3n) is 2.28. The first kappa shape index (κ1) is 15.8. The number of hydrogen-bond acceptors (Lipinski definition) is 3. The molecule has 2 N–H and O–H groups in total. The number of hydrogen-bond donors (Lipinski definition) is 2. The first-order valence-electron chi connectivity index (χ1n) is 5.71. The van der Waals surface area contributed by atoms with Crippen LogP contribution < -0.4 is 10.0 Å². The molecule has 0 fully saturated rings. The second-order valence-corrected chi connectivity index (χ2v) is 5.72. The fourth-order valence-electron chi connectivity index (χ4n) is 1.41. The van der Waals surface area contributed by atoms with Crippen molar-refractivity contribution < 1.29 is 21.6 Å². The molecule has 0 saturated carbocycles. The molecule has 0 unspecified atom stereocenters. The van der Waals surface area contributed by atoms with Crippen LogP contribution in [0.5, 0.6) is 0 Å². The maximum absolute atomic E-state index is 13.3. The van der Waals surface area contributed by atoms with Gasteiger partial charge in [0, 0.05) is 12.1 Å². The normalized spacial score (nSPS) is 11.6. The first-order chi connectivity index (χ1) is 8.85.